The quantitative estimate of drug-likeness (QED) is 0.311. The van der Waals surface area contributed by atoms with Crippen LogP contribution in [-0.2, 0) is 10.3 Å². The van der Waals surface area contributed by atoms with E-state index < -0.39 is 5.60 Å². The van der Waals surface area contributed by atoms with Crippen molar-refractivity contribution in [1.82, 2.24) is 4.57 Å². The lowest BCUT2D eigenvalue weighted by atomic mass is 9.80. The first-order valence-corrected chi connectivity index (χ1v) is 13.6. The van der Waals surface area contributed by atoms with Crippen LogP contribution in [-0.4, -0.2) is 11.7 Å². The summed E-state index contributed by atoms with van der Waals surface area (Å²) in [5, 5.41) is 0.726. The number of halogens is 1. The molecule has 0 bridgehead atoms. The summed E-state index contributed by atoms with van der Waals surface area (Å²) in [5.74, 6) is 2.84. The van der Waals surface area contributed by atoms with Gasteiger partial charge < -0.3 is 14.0 Å². The Bertz CT molecular complexity index is 1210. The number of hydrogen-bond acceptors (Lipinski definition) is 2. The third-order valence-corrected chi connectivity index (χ3v) is 7.86. The lowest BCUT2D eigenvalue weighted by Gasteiger charge is -2.34. The predicted octanol–water partition coefficient (Wildman–Crippen LogP) is 9.34. The Morgan fingerprint density at radius 2 is 1.89 bits per heavy atom. The van der Waals surface area contributed by atoms with Gasteiger partial charge in [-0.3, -0.25) is 0 Å². The largest absolute Gasteiger partial charge is 0.496 e. The van der Waals surface area contributed by atoms with Crippen LogP contribution in [0.25, 0.3) is 5.69 Å². The van der Waals surface area contributed by atoms with E-state index in [4.69, 9.17) is 21.1 Å². The van der Waals surface area contributed by atoms with Gasteiger partial charge in [-0.1, -0.05) is 69.5 Å². The SMILES string of the molecule is C=C(CCC)OC1(C)CC(c2cccc(C)c2OC)c2cc(Cl)ccc2-n2cccc21.CC1CCC1. The maximum Gasteiger partial charge on any atom is 0.147 e. The molecule has 0 spiro atoms. The molecule has 3 aromatic rings. The Kier molecular flexibility index (Phi) is 8.20. The third-order valence-electron chi connectivity index (χ3n) is 7.62. The van der Waals surface area contributed by atoms with Gasteiger partial charge in [0.25, 0.3) is 0 Å². The molecule has 2 atom stereocenters. The molecule has 2 aromatic carbocycles. The fourth-order valence-corrected chi connectivity index (χ4v) is 5.69. The van der Waals surface area contributed by atoms with Gasteiger partial charge in [0.2, 0.25) is 0 Å². The Balaban J connectivity index is 0.000000543. The van der Waals surface area contributed by atoms with E-state index in [1.54, 1.807) is 7.11 Å². The molecule has 36 heavy (non-hydrogen) atoms. The summed E-state index contributed by atoms with van der Waals surface area (Å²) in [5.41, 5.74) is 5.11. The van der Waals surface area contributed by atoms with Crippen molar-refractivity contribution in [3.63, 3.8) is 0 Å². The van der Waals surface area contributed by atoms with E-state index in [2.05, 4.69) is 87.5 Å². The smallest absolute Gasteiger partial charge is 0.147 e. The van der Waals surface area contributed by atoms with Crippen molar-refractivity contribution < 1.29 is 9.47 Å². The maximum absolute atomic E-state index is 6.61. The molecule has 1 saturated carbocycles. The van der Waals surface area contributed by atoms with Crippen LogP contribution in [0.1, 0.15) is 87.6 Å². The van der Waals surface area contributed by atoms with Gasteiger partial charge >= 0.3 is 0 Å². The summed E-state index contributed by atoms with van der Waals surface area (Å²) in [6, 6.07) is 16.7. The molecule has 0 saturated heterocycles. The topological polar surface area (TPSA) is 23.4 Å². The highest BCUT2D eigenvalue weighted by atomic mass is 35.5. The second kappa shape index (κ2) is 11.2. The molecule has 0 radical (unpaired) electrons. The number of nitrogens with zero attached hydrogens (tertiary/aromatic N) is 1. The molecule has 2 heterocycles. The van der Waals surface area contributed by atoms with E-state index >= 15 is 0 Å². The average molecular weight is 506 g/mol. The zero-order chi connectivity index (χ0) is 25.9. The molecule has 3 nitrogen and oxygen atoms in total. The fraction of sp³-hybridized carbons (Fsp3) is 0.438. The van der Waals surface area contributed by atoms with Gasteiger partial charge in [-0.15, -0.1) is 0 Å². The maximum atomic E-state index is 6.61. The first-order chi connectivity index (χ1) is 17.3. The lowest BCUT2D eigenvalue weighted by molar-refractivity contribution is -0.00417. The van der Waals surface area contributed by atoms with Crippen molar-refractivity contribution in [3.05, 3.63) is 94.5 Å². The minimum Gasteiger partial charge on any atom is -0.496 e. The Morgan fingerprint density at radius 3 is 2.53 bits per heavy atom. The molecule has 1 aliphatic heterocycles. The number of para-hydroxylation sites is 1. The summed E-state index contributed by atoms with van der Waals surface area (Å²) < 4.78 is 14.7. The summed E-state index contributed by atoms with van der Waals surface area (Å²) in [6.45, 7) is 12.9. The summed E-state index contributed by atoms with van der Waals surface area (Å²) in [6.07, 6.45) is 9.14. The van der Waals surface area contributed by atoms with Crippen molar-refractivity contribution in [2.75, 3.05) is 7.11 Å². The first-order valence-electron chi connectivity index (χ1n) is 13.2. The van der Waals surface area contributed by atoms with Crippen LogP contribution in [0, 0.1) is 12.8 Å². The van der Waals surface area contributed by atoms with Gasteiger partial charge in [0.15, 0.2) is 0 Å². The molecule has 1 aromatic heterocycles. The molecule has 4 heteroatoms. The number of ether oxygens (including phenoxy) is 2. The molecule has 0 N–H and O–H groups in total. The molecule has 2 unspecified atom stereocenters. The van der Waals surface area contributed by atoms with E-state index in [9.17, 15) is 0 Å². The standard InChI is InChI=1S/C27H30ClNO2.C5H10/c1-6-9-19(3)31-27(4)17-23(21-11-7-10-18(2)26(21)30-5)22-16-20(28)13-14-24(22)29-15-8-12-25(27)29;1-5-3-2-4-5/h7-8,10-16,23H,3,6,9,17H2,1-2,4-5H3;5H,2-4H2,1H3. The second-order valence-electron chi connectivity index (χ2n) is 10.6. The summed E-state index contributed by atoms with van der Waals surface area (Å²) in [4.78, 5) is 0. The highest BCUT2D eigenvalue weighted by Crippen LogP contribution is 2.49. The van der Waals surface area contributed by atoms with Crippen LogP contribution in [0.5, 0.6) is 5.75 Å². The minimum atomic E-state index is -0.555. The van der Waals surface area contributed by atoms with Crippen molar-refractivity contribution in [2.45, 2.75) is 77.7 Å². The van der Waals surface area contributed by atoms with E-state index in [-0.39, 0.29) is 5.92 Å². The van der Waals surface area contributed by atoms with Gasteiger partial charge in [-0.05, 0) is 67.6 Å². The fourth-order valence-electron chi connectivity index (χ4n) is 5.51. The van der Waals surface area contributed by atoms with Gasteiger partial charge in [-0.25, -0.2) is 0 Å². The molecule has 1 fully saturated rings. The summed E-state index contributed by atoms with van der Waals surface area (Å²) >= 11 is 6.50. The Morgan fingerprint density at radius 1 is 1.14 bits per heavy atom. The van der Waals surface area contributed by atoms with E-state index in [0.717, 1.165) is 64.2 Å². The highest BCUT2D eigenvalue weighted by molar-refractivity contribution is 6.30. The normalized spacial score (nSPS) is 20.7. The van der Waals surface area contributed by atoms with Crippen LogP contribution in [0.4, 0.5) is 0 Å². The zero-order valence-electron chi connectivity index (χ0n) is 22.4. The number of aromatic nitrogens is 1. The number of aryl methyl sites for hydroxylation is 1. The minimum absolute atomic E-state index is 0.0443. The number of hydrogen-bond donors (Lipinski definition) is 0. The van der Waals surface area contributed by atoms with E-state index in [1.807, 2.05) is 6.07 Å². The zero-order valence-corrected chi connectivity index (χ0v) is 23.2. The van der Waals surface area contributed by atoms with Crippen molar-refractivity contribution in [3.8, 4) is 11.4 Å². The molecule has 5 rings (SSSR count). The van der Waals surface area contributed by atoms with Crippen LogP contribution in [0.15, 0.2) is 67.1 Å². The van der Waals surface area contributed by atoms with Gasteiger partial charge in [0.1, 0.15) is 11.4 Å². The van der Waals surface area contributed by atoms with E-state index in [1.165, 1.54) is 24.8 Å². The Labute approximate surface area is 222 Å². The average Bonchev–Trinajstić information content (AvgIpc) is 3.29. The molecule has 1 aliphatic carbocycles. The number of rotatable bonds is 6. The molecular weight excluding hydrogens is 466 g/mol. The molecule has 2 aliphatic rings. The van der Waals surface area contributed by atoms with Crippen LogP contribution >= 0.6 is 11.6 Å². The van der Waals surface area contributed by atoms with Crippen LogP contribution < -0.4 is 4.74 Å². The Hall–Kier alpha value is -2.65. The number of allylic oxidation sites excluding steroid dienone is 1. The summed E-state index contributed by atoms with van der Waals surface area (Å²) in [7, 11) is 1.74. The van der Waals surface area contributed by atoms with Gasteiger partial charge in [0.05, 0.1) is 18.6 Å². The number of fused-ring (bicyclic) bond motifs is 3. The van der Waals surface area contributed by atoms with Crippen molar-refractivity contribution in [2.24, 2.45) is 5.92 Å². The lowest BCUT2D eigenvalue weighted by Crippen LogP contribution is -2.29. The molecule has 192 valence electrons. The predicted molar refractivity (Wildman–Crippen MR) is 150 cm³/mol. The first kappa shape index (κ1) is 26.4. The number of benzene rings is 2. The van der Waals surface area contributed by atoms with E-state index in [0.29, 0.717) is 0 Å². The molecular formula is C32H40ClNO2. The molecule has 0 amide bonds. The van der Waals surface area contributed by atoms with Crippen LogP contribution in [0.3, 0.4) is 0 Å². The van der Waals surface area contributed by atoms with Gasteiger partial charge in [-0.2, -0.15) is 0 Å². The third kappa shape index (κ3) is 5.37. The van der Waals surface area contributed by atoms with Crippen molar-refractivity contribution >= 4 is 11.6 Å². The highest BCUT2D eigenvalue weighted by Gasteiger charge is 2.41. The van der Waals surface area contributed by atoms with Crippen molar-refractivity contribution in [1.29, 1.82) is 0 Å². The monoisotopic (exact) mass is 505 g/mol. The van der Waals surface area contributed by atoms with Gasteiger partial charge in [0, 0.05) is 41.2 Å². The van der Waals surface area contributed by atoms with Crippen LogP contribution in [0.2, 0.25) is 5.02 Å². The second-order valence-corrected chi connectivity index (χ2v) is 11.0. The number of methoxy groups -OCH3 is 1.